The van der Waals surface area contributed by atoms with Crippen molar-refractivity contribution in [3.63, 3.8) is 0 Å². The van der Waals surface area contributed by atoms with E-state index in [1.807, 2.05) is 0 Å². The molecule has 1 aliphatic rings. The number of aryl methyl sites for hydroxylation is 1. The number of anilines is 1. The van der Waals surface area contributed by atoms with Crippen LogP contribution in [0.3, 0.4) is 0 Å². The normalized spacial score (nSPS) is 26.7. The number of nitrogens with zero attached hydrogens (tertiary/aromatic N) is 1. The van der Waals surface area contributed by atoms with Crippen molar-refractivity contribution in [2.24, 2.45) is 17.3 Å². The topological polar surface area (TPSA) is 23.5 Å². The van der Waals surface area contributed by atoms with Crippen LogP contribution in [0.1, 0.15) is 45.6 Å². The highest BCUT2D eigenvalue weighted by Gasteiger charge is 2.35. The van der Waals surface area contributed by atoms with Gasteiger partial charge in [0.05, 0.1) is 6.10 Å². The molecule has 118 valence electrons. The van der Waals surface area contributed by atoms with Gasteiger partial charge in [0.2, 0.25) is 0 Å². The summed E-state index contributed by atoms with van der Waals surface area (Å²) in [7, 11) is 2.14. The van der Waals surface area contributed by atoms with E-state index < -0.39 is 0 Å². The quantitative estimate of drug-likeness (QED) is 0.899. The molecule has 1 fully saturated rings. The molecule has 3 atom stereocenters. The third kappa shape index (κ3) is 4.23. The van der Waals surface area contributed by atoms with Crippen LogP contribution in [-0.2, 0) is 0 Å². The van der Waals surface area contributed by atoms with E-state index >= 15 is 0 Å². The standard InChI is InChI=1S/C19H31NO/c1-14-7-6-8-17(11-14)20(5)13-15-12-16(19(2,3)4)9-10-18(15)21/h6-8,11,15-16,18,21H,9-10,12-13H2,1-5H3. The van der Waals surface area contributed by atoms with Crippen molar-refractivity contribution in [1.82, 2.24) is 0 Å². The molecule has 1 saturated carbocycles. The van der Waals surface area contributed by atoms with Crippen LogP contribution in [0.2, 0.25) is 0 Å². The Morgan fingerprint density at radius 3 is 2.57 bits per heavy atom. The molecule has 1 aliphatic carbocycles. The highest BCUT2D eigenvalue weighted by Crippen LogP contribution is 2.40. The maximum Gasteiger partial charge on any atom is 0.0585 e. The van der Waals surface area contributed by atoms with Crippen LogP contribution in [0.25, 0.3) is 0 Å². The van der Waals surface area contributed by atoms with Crippen molar-refractivity contribution in [1.29, 1.82) is 0 Å². The first-order valence-electron chi connectivity index (χ1n) is 8.23. The molecular weight excluding hydrogens is 258 g/mol. The summed E-state index contributed by atoms with van der Waals surface area (Å²) < 4.78 is 0. The second-order valence-corrected chi connectivity index (χ2v) is 7.92. The predicted octanol–water partition coefficient (Wildman–Crippen LogP) is 4.25. The average molecular weight is 289 g/mol. The lowest BCUT2D eigenvalue weighted by Crippen LogP contribution is -2.40. The summed E-state index contributed by atoms with van der Waals surface area (Å²) in [6.07, 6.45) is 3.11. The van der Waals surface area contributed by atoms with Crippen LogP contribution >= 0.6 is 0 Å². The van der Waals surface area contributed by atoms with E-state index in [1.54, 1.807) is 0 Å². The van der Waals surface area contributed by atoms with E-state index in [4.69, 9.17) is 0 Å². The van der Waals surface area contributed by atoms with Crippen molar-refractivity contribution in [3.05, 3.63) is 29.8 Å². The lowest BCUT2D eigenvalue weighted by atomic mass is 9.68. The Hall–Kier alpha value is -1.02. The fourth-order valence-electron chi connectivity index (χ4n) is 3.55. The second kappa shape index (κ2) is 6.39. The Kier molecular flexibility index (Phi) is 4.98. The molecule has 1 aromatic rings. The molecule has 2 rings (SSSR count). The third-order valence-corrected chi connectivity index (χ3v) is 5.12. The van der Waals surface area contributed by atoms with Gasteiger partial charge in [0.1, 0.15) is 0 Å². The highest BCUT2D eigenvalue weighted by molar-refractivity contribution is 5.47. The van der Waals surface area contributed by atoms with E-state index in [9.17, 15) is 5.11 Å². The van der Waals surface area contributed by atoms with Crippen LogP contribution in [0, 0.1) is 24.2 Å². The number of aliphatic hydroxyl groups excluding tert-OH is 1. The Balaban J connectivity index is 2.03. The van der Waals surface area contributed by atoms with E-state index in [0.29, 0.717) is 11.3 Å². The summed E-state index contributed by atoms with van der Waals surface area (Å²) in [4.78, 5) is 2.30. The molecule has 21 heavy (non-hydrogen) atoms. The van der Waals surface area contributed by atoms with Gasteiger partial charge in [0.15, 0.2) is 0 Å². The Morgan fingerprint density at radius 2 is 1.95 bits per heavy atom. The maximum atomic E-state index is 10.4. The van der Waals surface area contributed by atoms with Crippen LogP contribution in [0.4, 0.5) is 5.69 Å². The van der Waals surface area contributed by atoms with Crippen molar-refractivity contribution in [3.8, 4) is 0 Å². The molecule has 0 bridgehead atoms. The Labute approximate surface area is 130 Å². The molecule has 3 unspecified atom stereocenters. The second-order valence-electron chi connectivity index (χ2n) is 7.92. The summed E-state index contributed by atoms with van der Waals surface area (Å²) in [5.41, 5.74) is 2.89. The molecule has 0 spiro atoms. The zero-order valence-electron chi connectivity index (χ0n) is 14.3. The maximum absolute atomic E-state index is 10.4. The number of rotatable bonds is 3. The van der Waals surface area contributed by atoms with Gasteiger partial charge in [-0.25, -0.2) is 0 Å². The van der Waals surface area contributed by atoms with Gasteiger partial charge < -0.3 is 10.0 Å². The zero-order valence-corrected chi connectivity index (χ0v) is 14.3. The fourth-order valence-corrected chi connectivity index (χ4v) is 3.55. The largest absolute Gasteiger partial charge is 0.393 e. The molecule has 1 aromatic carbocycles. The zero-order chi connectivity index (χ0) is 15.6. The minimum absolute atomic E-state index is 0.143. The summed E-state index contributed by atoms with van der Waals surface area (Å²) >= 11 is 0. The summed E-state index contributed by atoms with van der Waals surface area (Å²) in [5, 5.41) is 10.4. The van der Waals surface area contributed by atoms with Crippen molar-refractivity contribution in [2.45, 2.75) is 53.1 Å². The van der Waals surface area contributed by atoms with Gasteiger partial charge in [0.25, 0.3) is 0 Å². The molecule has 1 N–H and O–H groups in total. The molecule has 2 nitrogen and oxygen atoms in total. The molecule has 0 heterocycles. The van der Waals surface area contributed by atoms with Gasteiger partial charge in [-0.1, -0.05) is 32.9 Å². The van der Waals surface area contributed by atoms with Crippen molar-refractivity contribution < 1.29 is 5.11 Å². The van der Waals surface area contributed by atoms with Gasteiger partial charge in [0, 0.05) is 25.2 Å². The van der Waals surface area contributed by atoms with Gasteiger partial charge in [-0.2, -0.15) is 0 Å². The van der Waals surface area contributed by atoms with E-state index in [0.717, 1.165) is 31.7 Å². The van der Waals surface area contributed by atoms with Gasteiger partial charge in [-0.3, -0.25) is 0 Å². The predicted molar refractivity (Wildman–Crippen MR) is 90.7 cm³/mol. The molecule has 0 amide bonds. The van der Waals surface area contributed by atoms with Crippen LogP contribution in [0.15, 0.2) is 24.3 Å². The molecule has 0 saturated heterocycles. The Morgan fingerprint density at radius 1 is 1.24 bits per heavy atom. The van der Waals surface area contributed by atoms with E-state index in [1.165, 1.54) is 11.3 Å². The first-order valence-corrected chi connectivity index (χ1v) is 8.23. The monoisotopic (exact) mass is 289 g/mol. The van der Waals surface area contributed by atoms with Crippen LogP contribution in [-0.4, -0.2) is 24.8 Å². The minimum atomic E-state index is -0.143. The van der Waals surface area contributed by atoms with Crippen LogP contribution in [0.5, 0.6) is 0 Å². The number of benzene rings is 1. The molecule has 0 aromatic heterocycles. The van der Waals surface area contributed by atoms with Crippen molar-refractivity contribution >= 4 is 5.69 Å². The lowest BCUT2D eigenvalue weighted by molar-refractivity contribution is 0.0229. The Bertz CT molecular complexity index is 463. The number of aliphatic hydroxyl groups is 1. The van der Waals surface area contributed by atoms with Gasteiger partial charge >= 0.3 is 0 Å². The first-order chi connectivity index (χ1) is 9.77. The van der Waals surface area contributed by atoms with Gasteiger partial charge in [-0.05, 0) is 55.2 Å². The smallest absolute Gasteiger partial charge is 0.0585 e. The molecule has 0 radical (unpaired) electrons. The summed E-state index contributed by atoms with van der Waals surface area (Å²) in [5.74, 6) is 1.10. The molecule has 2 heteroatoms. The molecular formula is C19H31NO. The third-order valence-electron chi connectivity index (χ3n) is 5.12. The fraction of sp³-hybridized carbons (Fsp3) is 0.684. The minimum Gasteiger partial charge on any atom is -0.393 e. The van der Waals surface area contributed by atoms with Crippen molar-refractivity contribution in [2.75, 3.05) is 18.5 Å². The summed E-state index contributed by atoms with van der Waals surface area (Å²) in [6.45, 7) is 10.1. The highest BCUT2D eigenvalue weighted by atomic mass is 16.3. The lowest BCUT2D eigenvalue weighted by Gasteiger charge is -2.41. The summed E-state index contributed by atoms with van der Waals surface area (Å²) in [6, 6.07) is 8.61. The van der Waals surface area contributed by atoms with Crippen LogP contribution < -0.4 is 4.90 Å². The first kappa shape index (κ1) is 16.4. The number of hydrogen-bond acceptors (Lipinski definition) is 2. The van der Waals surface area contributed by atoms with E-state index in [-0.39, 0.29) is 6.10 Å². The number of hydrogen-bond donors (Lipinski definition) is 1. The SMILES string of the molecule is Cc1cccc(N(C)CC2CC(C(C)(C)C)CCC2O)c1. The van der Waals surface area contributed by atoms with E-state index in [2.05, 4.69) is 63.9 Å². The average Bonchev–Trinajstić information content (AvgIpc) is 2.40. The van der Waals surface area contributed by atoms with Gasteiger partial charge in [-0.15, -0.1) is 0 Å². The molecule has 0 aliphatic heterocycles.